The number of aromatic nitrogens is 5. The molecular formula is C10H9N7. The van der Waals surface area contributed by atoms with Crippen LogP contribution in [0, 0.1) is 0 Å². The number of benzene rings is 1. The maximum atomic E-state index is 5.66. The van der Waals surface area contributed by atoms with Gasteiger partial charge in [0.25, 0.3) is 0 Å². The Kier molecular flexibility index (Phi) is 1.91. The third kappa shape index (κ3) is 1.53. The van der Waals surface area contributed by atoms with Crippen molar-refractivity contribution in [3.63, 3.8) is 0 Å². The minimum absolute atomic E-state index is 0.109. The second-order valence-corrected chi connectivity index (χ2v) is 3.46. The van der Waals surface area contributed by atoms with Crippen LogP contribution in [-0.4, -0.2) is 24.7 Å². The molecule has 2 heterocycles. The Morgan fingerprint density at radius 2 is 1.76 bits per heavy atom. The molecule has 7 heteroatoms. The van der Waals surface area contributed by atoms with Crippen LogP contribution in [0.25, 0.3) is 16.9 Å². The molecule has 0 aliphatic carbocycles. The summed E-state index contributed by atoms with van der Waals surface area (Å²) in [5.41, 5.74) is 12.7. The largest absolute Gasteiger partial charge is 0.368 e. The Morgan fingerprint density at radius 1 is 1.00 bits per heavy atom. The highest BCUT2D eigenvalue weighted by Gasteiger charge is 2.08. The van der Waals surface area contributed by atoms with Gasteiger partial charge in [-0.25, -0.2) is 4.98 Å². The van der Waals surface area contributed by atoms with E-state index in [1.165, 1.54) is 4.68 Å². The van der Waals surface area contributed by atoms with Crippen LogP contribution >= 0.6 is 0 Å². The Hall–Kier alpha value is -2.70. The fraction of sp³-hybridized carbons (Fsp3) is 0. The summed E-state index contributed by atoms with van der Waals surface area (Å²) in [5.74, 6) is 0.787. The summed E-state index contributed by atoms with van der Waals surface area (Å²) in [6.45, 7) is 0. The number of nitrogens with zero attached hydrogens (tertiary/aromatic N) is 5. The summed E-state index contributed by atoms with van der Waals surface area (Å²) in [6, 6.07) is 7.53. The lowest BCUT2D eigenvalue weighted by Crippen LogP contribution is -2.05. The molecule has 84 valence electrons. The van der Waals surface area contributed by atoms with E-state index in [4.69, 9.17) is 11.5 Å². The van der Waals surface area contributed by atoms with Crippen LogP contribution < -0.4 is 11.5 Å². The number of fused-ring (bicyclic) bond motifs is 1. The molecule has 0 unspecified atom stereocenters. The number of hydrogen-bond acceptors (Lipinski definition) is 6. The predicted molar refractivity (Wildman–Crippen MR) is 63.3 cm³/mol. The van der Waals surface area contributed by atoms with E-state index in [2.05, 4.69) is 20.1 Å². The molecule has 0 amide bonds. The zero-order chi connectivity index (χ0) is 11.8. The van der Waals surface area contributed by atoms with Crippen molar-refractivity contribution in [3.05, 3.63) is 30.5 Å². The van der Waals surface area contributed by atoms with Gasteiger partial charge in [0, 0.05) is 0 Å². The normalized spacial score (nSPS) is 10.8. The van der Waals surface area contributed by atoms with Crippen molar-refractivity contribution < 1.29 is 0 Å². The van der Waals surface area contributed by atoms with Crippen LogP contribution in [0.15, 0.2) is 30.5 Å². The molecule has 0 fully saturated rings. The lowest BCUT2D eigenvalue weighted by atomic mass is 10.3. The van der Waals surface area contributed by atoms with Gasteiger partial charge in [0.2, 0.25) is 11.9 Å². The zero-order valence-electron chi connectivity index (χ0n) is 8.78. The smallest absolute Gasteiger partial charge is 0.241 e. The van der Waals surface area contributed by atoms with Gasteiger partial charge in [-0.05, 0) is 12.1 Å². The van der Waals surface area contributed by atoms with Gasteiger partial charge in [0.05, 0.1) is 17.2 Å². The molecule has 7 nitrogen and oxygen atoms in total. The monoisotopic (exact) mass is 227 g/mol. The quantitative estimate of drug-likeness (QED) is 0.621. The molecule has 2 aromatic heterocycles. The minimum atomic E-state index is 0.109. The topological polar surface area (TPSA) is 109 Å². The van der Waals surface area contributed by atoms with Crippen molar-refractivity contribution >= 4 is 22.9 Å². The van der Waals surface area contributed by atoms with Gasteiger partial charge < -0.3 is 11.5 Å². The van der Waals surface area contributed by atoms with Crippen molar-refractivity contribution in [2.75, 3.05) is 11.5 Å². The summed E-state index contributed by atoms with van der Waals surface area (Å²) in [5, 5.41) is 3.94. The van der Waals surface area contributed by atoms with Crippen molar-refractivity contribution in [1.29, 1.82) is 0 Å². The van der Waals surface area contributed by atoms with E-state index in [-0.39, 0.29) is 11.9 Å². The second-order valence-electron chi connectivity index (χ2n) is 3.46. The lowest BCUT2D eigenvalue weighted by Gasteiger charge is -2.02. The third-order valence-corrected chi connectivity index (χ3v) is 2.30. The SMILES string of the molecule is Nc1nc(N)n(-c2cnc3ccccc3n2)n1. The Labute approximate surface area is 96.1 Å². The first kappa shape index (κ1) is 9.52. The van der Waals surface area contributed by atoms with Crippen LogP contribution in [0.4, 0.5) is 11.9 Å². The van der Waals surface area contributed by atoms with Crippen LogP contribution in [-0.2, 0) is 0 Å². The number of rotatable bonds is 1. The molecule has 0 bridgehead atoms. The molecule has 0 atom stereocenters. The summed E-state index contributed by atoms with van der Waals surface area (Å²) in [7, 11) is 0. The average Bonchev–Trinajstić information content (AvgIpc) is 2.68. The first-order chi connectivity index (χ1) is 8.24. The van der Waals surface area contributed by atoms with Crippen molar-refractivity contribution in [2.45, 2.75) is 0 Å². The van der Waals surface area contributed by atoms with Crippen molar-refractivity contribution in [2.24, 2.45) is 0 Å². The van der Waals surface area contributed by atoms with Crippen molar-refractivity contribution in [3.8, 4) is 5.82 Å². The van der Waals surface area contributed by atoms with Gasteiger partial charge in [-0.15, -0.1) is 5.10 Å². The van der Waals surface area contributed by atoms with Gasteiger partial charge in [0.15, 0.2) is 5.82 Å². The van der Waals surface area contributed by atoms with E-state index in [1.807, 2.05) is 24.3 Å². The molecular weight excluding hydrogens is 218 g/mol. The highest BCUT2D eigenvalue weighted by molar-refractivity contribution is 5.74. The molecule has 0 saturated heterocycles. The first-order valence-corrected chi connectivity index (χ1v) is 4.94. The summed E-state index contributed by atoms with van der Waals surface area (Å²) in [4.78, 5) is 12.4. The van der Waals surface area contributed by atoms with E-state index < -0.39 is 0 Å². The fourth-order valence-corrected chi connectivity index (χ4v) is 1.56. The number of hydrogen-bond donors (Lipinski definition) is 2. The molecule has 0 aliphatic heterocycles. The zero-order valence-corrected chi connectivity index (χ0v) is 8.78. The van der Waals surface area contributed by atoms with Crippen molar-refractivity contribution in [1.82, 2.24) is 24.7 Å². The summed E-state index contributed by atoms with van der Waals surface area (Å²) >= 11 is 0. The minimum Gasteiger partial charge on any atom is -0.368 e. The Morgan fingerprint density at radius 3 is 2.47 bits per heavy atom. The molecule has 0 spiro atoms. The molecule has 0 saturated carbocycles. The first-order valence-electron chi connectivity index (χ1n) is 4.94. The fourth-order valence-electron chi connectivity index (χ4n) is 1.56. The molecule has 0 radical (unpaired) electrons. The highest BCUT2D eigenvalue weighted by Crippen LogP contribution is 2.13. The van der Waals surface area contributed by atoms with Crippen LogP contribution in [0.1, 0.15) is 0 Å². The molecule has 4 N–H and O–H groups in total. The van der Waals surface area contributed by atoms with Gasteiger partial charge in [-0.2, -0.15) is 9.67 Å². The predicted octanol–water partition coefficient (Wildman–Crippen LogP) is 0.375. The van der Waals surface area contributed by atoms with Gasteiger partial charge in [0.1, 0.15) is 0 Å². The number of nitrogen functional groups attached to an aromatic ring is 2. The van der Waals surface area contributed by atoms with E-state index in [1.54, 1.807) is 6.20 Å². The van der Waals surface area contributed by atoms with Crippen LogP contribution in [0.2, 0.25) is 0 Å². The molecule has 1 aromatic carbocycles. The number of anilines is 2. The standard InChI is InChI=1S/C10H9N7/c11-9-15-10(12)17(16-9)8-5-13-6-3-1-2-4-7(6)14-8/h1-5H,(H4,11,12,15,16). The van der Waals surface area contributed by atoms with Gasteiger partial charge in [-0.3, -0.25) is 4.98 Å². The van der Waals surface area contributed by atoms with E-state index in [9.17, 15) is 0 Å². The molecule has 3 aromatic rings. The Bertz CT molecular complexity index is 688. The van der Waals surface area contributed by atoms with Crippen LogP contribution in [0.3, 0.4) is 0 Å². The maximum Gasteiger partial charge on any atom is 0.241 e. The van der Waals surface area contributed by atoms with E-state index in [0.717, 1.165) is 11.0 Å². The average molecular weight is 227 g/mol. The van der Waals surface area contributed by atoms with E-state index >= 15 is 0 Å². The van der Waals surface area contributed by atoms with Gasteiger partial charge in [-0.1, -0.05) is 12.1 Å². The summed E-state index contributed by atoms with van der Waals surface area (Å²) in [6.07, 6.45) is 1.58. The lowest BCUT2D eigenvalue weighted by molar-refractivity contribution is 0.860. The number of nitrogens with two attached hydrogens (primary N) is 2. The third-order valence-electron chi connectivity index (χ3n) is 2.30. The molecule has 17 heavy (non-hydrogen) atoms. The highest BCUT2D eigenvalue weighted by atomic mass is 15.4. The molecule has 0 aliphatic rings. The maximum absolute atomic E-state index is 5.66. The Balaban J connectivity index is 2.21. The number of para-hydroxylation sites is 2. The van der Waals surface area contributed by atoms with Crippen LogP contribution in [0.5, 0.6) is 0 Å². The van der Waals surface area contributed by atoms with Gasteiger partial charge >= 0.3 is 0 Å². The summed E-state index contributed by atoms with van der Waals surface area (Å²) < 4.78 is 1.36. The van der Waals surface area contributed by atoms with E-state index in [0.29, 0.717) is 5.82 Å². The second kappa shape index (κ2) is 3.41. The molecule has 3 rings (SSSR count).